The van der Waals surface area contributed by atoms with Crippen molar-refractivity contribution >= 4 is 5.96 Å². The van der Waals surface area contributed by atoms with Gasteiger partial charge in [0, 0.05) is 24.2 Å². The van der Waals surface area contributed by atoms with Gasteiger partial charge >= 0.3 is 0 Å². The fourth-order valence-electron chi connectivity index (χ4n) is 3.01. The zero-order valence-corrected chi connectivity index (χ0v) is 19.4. The molecule has 3 rings (SSSR count). The van der Waals surface area contributed by atoms with E-state index in [2.05, 4.69) is 39.6 Å². The summed E-state index contributed by atoms with van der Waals surface area (Å²) in [5.74, 6) is 2.20. The number of hydrogen-bond acceptors (Lipinski definition) is 5. The molecule has 32 heavy (non-hydrogen) atoms. The highest BCUT2D eigenvalue weighted by Crippen LogP contribution is 2.20. The Kier molecular flexibility index (Phi) is 8.69. The predicted molar refractivity (Wildman–Crippen MR) is 129 cm³/mol. The van der Waals surface area contributed by atoms with Crippen molar-refractivity contribution in [3.8, 4) is 17.2 Å². The lowest BCUT2D eigenvalue weighted by Gasteiger charge is -2.14. The van der Waals surface area contributed by atoms with Gasteiger partial charge in [-0.15, -0.1) is 0 Å². The zero-order chi connectivity index (χ0) is 22.8. The van der Waals surface area contributed by atoms with Gasteiger partial charge in [-0.1, -0.05) is 35.9 Å². The van der Waals surface area contributed by atoms with Crippen molar-refractivity contribution in [3.05, 3.63) is 71.6 Å². The van der Waals surface area contributed by atoms with Gasteiger partial charge in [0.05, 0.1) is 18.8 Å². The summed E-state index contributed by atoms with van der Waals surface area (Å²) in [6.45, 7) is 7.40. The number of aryl methyl sites for hydroxylation is 1. The first-order valence-corrected chi connectivity index (χ1v) is 10.9. The van der Waals surface area contributed by atoms with Crippen LogP contribution < -0.4 is 15.4 Å². The Morgan fingerprint density at radius 2 is 1.88 bits per heavy atom. The molecule has 0 amide bonds. The molecule has 0 aliphatic heterocycles. The second kappa shape index (κ2) is 11.9. The summed E-state index contributed by atoms with van der Waals surface area (Å²) in [4.78, 5) is 11.4. The van der Waals surface area contributed by atoms with E-state index in [9.17, 15) is 0 Å². The molecule has 0 radical (unpaired) electrons. The quantitative estimate of drug-likeness (QED) is 0.372. The van der Waals surface area contributed by atoms with E-state index in [1.807, 2.05) is 57.4 Å². The van der Waals surface area contributed by atoms with Crippen molar-refractivity contribution in [2.45, 2.75) is 26.9 Å². The van der Waals surface area contributed by atoms with Gasteiger partial charge in [0.1, 0.15) is 18.6 Å². The third kappa shape index (κ3) is 7.13. The fraction of sp³-hybridized carbons (Fsp3) is 0.360. The molecule has 0 aliphatic carbocycles. The first-order chi connectivity index (χ1) is 15.5. The summed E-state index contributed by atoms with van der Waals surface area (Å²) >= 11 is 0. The molecule has 0 aliphatic rings. The molecule has 0 bridgehead atoms. The molecule has 0 saturated carbocycles. The number of oxazole rings is 1. The van der Waals surface area contributed by atoms with Crippen LogP contribution in [0.1, 0.15) is 23.7 Å². The van der Waals surface area contributed by atoms with Crippen molar-refractivity contribution < 1.29 is 9.15 Å². The Morgan fingerprint density at radius 3 is 2.62 bits per heavy atom. The van der Waals surface area contributed by atoms with E-state index in [4.69, 9.17) is 14.1 Å². The molecule has 0 spiro atoms. The minimum atomic E-state index is 0.515. The fourth-order valence-corrected chi connectivity index (χ4v) is 3.01. The van der Waals surface area contributed by atoms with Gasteiger partial charge in [0.2, 0.25) is 5.89 Å². The summed E-state index contributed by atoms with van der Waals surface area (Å²) in [6.07, 6.45) is 1.68. The predicted octanol–water partition coefficient (Wildman–Crippen LogP) is 3.85. The van der Waals surface area contributed by atoms with Crippen molar-refractivity contribution in [1.29, 1.82) is 0 Å². The van der Waals surface area contributed by atoms with Crippen LogP contribution in [0.4, 0.5) is 0 Å². The molecule has 0 unspecified atom stereocenters. The Balaban J connectivity index is 1.61. The number of rotatable bonds is 10. The van der Waals surface area contributed by atoms with Gasteiger partial charge in [-0.05, 0) is 46.1 Å². The second-order valence-corrected chi connectivity index (χ2v) is 7.82. The maximum Gasteiger partial charge on any atom is 0.226 e. The lowest BCUT2D eigenvalue weighted by atomic mass is 10.1. The molecular formula is C25H33N5O2. The van der Waals surface area contributed by atoms with Gasteiger partial charge in [0.25, 0.3) is 0 Å². The van der Waals surface area contributed by atoms with E-state index >= 15 is 0 Å². The molecule has 1 heterocycles. The van der Waals surface area contributed by atoms with Gasteiger partial charge in [-0.2, -0.15) is 0 Å². The van der Waals surface area contributed by atoms with Crippen LogP contribution in [0.3, 0.4) is 0 Å². The maximum atomic E-state index is 5.95. The van der Waals surface area contributed by atoms with Crippen LogP contribution in [-0.4, -0.2) is 49.6 Å². The summed E-state index contributed by atoms with van der Waals surface area (Å²) in [5.41, 5.74) is 4.04. The van der Waals surface area contributed by atoms with Gasteiger partial charge < -0.3 is 24.7 Å². The average molecular weight is 436 g/mol. The molecule has 0 fully saturated rings. The van der Waals surface area contributed by atoms with Gasteiger partial charge in [-0.3, -0.25) is 0 Å². The van der Waals surface area contributed by atoms with Crippen LogP contribution >= 0.6 is 0 Å². The number of aromatic nitrogens is 1. The molecule has 170 valence electrons. The summed E-state index contributed by atoms with van der Waals surface area (Å²) < 4.78 is 11.6. The van der Waals surface area contributed by atoms with Crippen LogP contribution in [0, 0.1) is 6.92 Å². The van der Waals surface area contributed by atoms with Crippen LogP contribution in [0.5, 0.6) is 5.75 Å². The van der Waals surface area contributed by atoms with E-state index < -0.39 is 0 Å². The lowest BCUT2D eigenvalue weighted by Crippen LogP contribution is -2.36. The topological polar surface area (TPSA) is 74.9 Å². The largest absolute Gasteiger partial charge is 0.492 e. The smallest absolute Gasteiger partial charge is 0.226 e. The van der Waals surface area contributed by atoms with Crippen LogP contribution in [-0.2, 0) is 13.1 Å². The summed E-state index contributed by atoms with van der Waals surface area (Å²) in [7, 11) is 4.07. The number of guanidine groups is 1. The molecule has 3 aromatic rings. The number of ether oxygens (including phenoxy) is 1. The number of para-hydroxylation sites is 1. The van der Waals surface area contributed by atoms with E-state index in [0.29, 0.717) is 25.6 Å². The van der Waals surface area contributed by atoms with E-state index in [-0.39, 0.29) is 0 Å². The number of aliphatic imine (C=N–C) groups is 1. The molecule has 0 saturated heterocycles. The molecule has 2 aromatic carbocycles. The highest BCUT2D eigenvalue weighted by Gasteiger charge is 2.08. The number of likely N-dealkylation sites (N-methyl/N-ethyl adjacent to an activating group) is 1. The molecule has 0 atom stereocenters. The SMILES string of the molecule is CCNC(=NCc1ccccc1OCCN(C)C)NCc1coc(-c2ccc(C)cc2)n1. The second-order valence-electron chi connectivity index (χ2n) is 7.82. The molecule has 1 aromatic heterocycles. The molecule has 2 N–H and O–H groups in total. The number of benzene rings is 2. The highest BCUT2D eigenvalue weighted by atomic mass is 16.5. The first-order valence-electron chi connectivity index (χ1n) is 10.9. The number of hydrogen-bond donors (Lipinski definition) is 2. The van der Waals surface area contributed by atoms with E-state index in [0.717, 1.165) is 41.6 Å². The third-order valence-electron chi connectivity index (χ3n) is 4.81. The molecule has 7 nitrogen and oxygen atoms in total. The zero-order valence-electron chi connectivity index (χ0n) is 19.4. The van der Waals surface area contributed by atoms with E-state index in [1.165, 1.54) is 5.56 Å². The van der Waals surface area contributed by atoms with Crippen molar-refractivity contribution in [1.82, 2.24) is 20.5 Å². The number of nitrogens with one attached hydrogen (secondary N) is 2. The Bertz CT molecular complexity index is 996. The Labute approximate surface area is 190 Å². The summed E-state index contributed by atoms with van der Waals surface area (Å²) in [5, 5.41) is 6.61. The third-order valence-corrected chi connectivity index (χ3v) is 4.81. The van der Waals surface area contributed by atoms with Gasteiger partial charge in [-0.25, -0.2) is 9.98 Å². The summed E-state index contributed by atoms with van der Waals surface area (Å²) in [6, 6.07) is 16.2. The van der Waals surface area contributed by atoms with Crippen LogP contribution in [0.15, 0.2) is 64.2 Å². The van der Waals surface area contributed by atoms with Crippen LogP contribution in [0.2, 0.25) is 0 Å². The Hall–Kier alpha value is -3.32. The first kappa shape index (κ1) is 23.3. The maximum absolute atomic E-state index is 5.95. The lowest BCUT2D eigenvalue weighted by molar-refractivity contribution is 0.259. The molecular weight excluding hydrogens is 402 g/mol. The average Bonchev–Trinajstić information content (AvgIpc) is 3.26. The minimum Gasteiger partial charge on any atom is -0.492 e. The molecule has 7 heteroatoms. The minimum absolute atomic E-state index is 0.515. The van der Waals surface area contributed by atoms with Crippen molar-refractivity contribution in [2.24, 2.45) is 4.99 Å². The van der Waals surface area contributed by atoms with Crippen LogP contribution in [0.25, 0.3) is 11.5 Å². The highest BCUT2D eigenvalue weighted by molar-refractivity contribution is 5.79. The standard InChI is InChI=1S/C25H33N5O2/c1-5-26-25(27-16-21-8-6-7-9-23(21)31-15-14-30(3)4)28-17-22-18-32-24(29-22)20-12-10-19(2)11-13-20/h6-13,18H,5,14-17H2,1-4H3,(H2,26,27,28). The normalized spacial score (nSPS) is 11.6. The van der Waals surface area contributed by atoms with Crippen molar-refractivity contribution in [2.75, 3.05) is 33.8 Å². The number of nitrogens with zero attached hydrogens (tertiary/aromatic N) is 3. The monoisotopic (exact) mass is 435 g/mol. The van der Waals surface area contributed by atoms with Crippen molar-refractivity contribution in [3.63, 3.8) is 0 Å². The van der Waals surface area contributed by atoms with E-state index in [1.54, 1.807) is 6.26 Å². The van der Waals surface area contributed by atoms with Gasteiger partial charge in [0.15, 0.2) is 5.96 Å². The Morgan fingerprint density at radius 1 is 1.09 bits per heavy atom.